The van der Waals surface area contributed by atoms with E-state index < -0.39 is 11.5 Å². The molecule has 196 valence electrons. The van der Waals surface area contributed by atoms with Gasteiger partial charge in [-0.2, -0.15) is 0 Å². The van der Waals surface area contributed by atoms with Crippen molar-refractivity contribution in [1.82, 2.24) is 0 Å². The predicted octanol–water partition coefficient (Wildman–Crippen LogP) is 8.67. The molecule has 7 aromatic rings. The molecule has 7 heteroatoms. The summed E-state index contributed by atoms with van der Waals surface area (Å²) in [5.41, 5.74) is 3.20. The van der Waals surface area contributed by atoms with Crippen LogP contribution in [0.5, 0.6) is 28.7 Å². The van der Waals surface area contributed by atoms with E-state index in [2.05, 4.69) is 12.1 Å². The van der Waals surface area contributed by atoms with Gasteiger partial charge in [-0.25, -0.2) is 0 Å². The van der Waals surface area contributed by atoms with Crippen LogP contribution in [0.4, 0.5) is 0 Å². The highest BCUT2D eigenvalue weighted by molar-refractivity contribution is 14.1. The van der Waals surface area contributed by atoms with E-state index in [1.54, 1.807) is 29.5 Å². The Kier molecular flexibility index (Phi) is 5.30. The van der Waals surface area contributed by atoms with Crippen molar-refractivity contribution in [2.24, 2.45) is 0 Å². The first-order valence-electron chi connectivity index (χ1n) is 12.5. The van der Waals surface area contributed by atoms with E-state index in [1.165, 1.54) is 0 Å². The lowest BCUT2D eigenvalue weighted by atomic mass is 9.84. The number of aromatic hydroxyl groups is 5. The molecule has 0 saturated carbocycles. The van der Waals surface area contributed by atoms with Crippen LogP contribution in [-0.2, 0) is 0 Å². The van der Waals surface area contributed by atoms with Crippen LogP contribution in [0.15, 0.2) is 83.3 Å². The van der Waals surface area contributed by atoms with Crippen LogP contribution in [-0.4, -0.2) is 25.5 Å². The molecule has 0 amide bonds. The highest BCUT2D eigenvalue weighted by atomic mass is 127. The zero-order valence-corrected chi connectivity index (χ0v) is 23.2. The number of rotatable bonds is 2. The molecule has 6 nitrogen and oxygen atoms in total. The number of phenolic OH excluding ortho intramolecular Hbond substituents is 5. The molecular weight excluding hydrogens is 619 g/mol. The summed E-state index contributed by atoms with van der Waals surface area (Å²) in [6.45, 7) is 1.58. The Labute approximate surface area is 241 Å². The highest BCUT2D eigenvalue weighted by Gasteiger charge is 2.30. The minimum Gasteiger partial charge on any atom is -0.506 e. The summed E-state index contributed by atoms with van der Waals surface area (Å²) in [5.74, 6) is -2.10. The quantitative estimate of drug-likeness (QED) is 0.0560. The second-order valence-electron chi connectivity index (χ2n) is 9.77. The van der Waals surface area contributed by atoms with Crippen LogP contribution in [0.2, 0.25) is 0 Å². The molecule has 5 N–H and O–H groups in total. The van der Waals surface area contributed by atoms with E-state index in [-0.39, 0.29) is 48.5 Å². The molecule has 0 atom stereocenters. The van der Waals surface area contributed by atoms with E-state index in [1.807, 2.05) is 66.7 Å². The van der Waals surface area contributed by atoms with Gasteiger partial charge in [0, 0.05) is 22.1 Å². The minimum absolute atomic E-state index is 0.0376. The number of phenols is 5. The lowest BCUT2D eigenvalue weighted by molar-refractivity contribution is 0.392. The van der Waals surface area contributed by atoms with Crippen molar-refractivity contribution in [3.8, 4) is 51.0 Å². The van der Waals surface area contributed by atoms with E-state index in [0.717, 1.165) is 32.7 Å². The summed E-state index contributed by atoms with van der Waals surface area (Å²) in [6.07, 6.45) is 0. The molecule has 0 fully saturated rings. The number of halogens is 1. The maximum atomic E-state index is 11.6. The van der Waals surface area contributed by atoms with Crippen molar-refractivity contribution < 1.29 is 29.9 Å². The van der Waals surface area contributed by atoms with Gasteiger partial charge < -0.3 is 29.9 Å². The van der Waals surface area contributed by atoms with Gasteiger partial charge in [0.15, 0.2) is 22.8 Å². The Hall–Kier alpha value is -4.63. The Morgan fingerprint density at radius 2 is 1.02 bits per heavy atom. The van der Waals surface area contributed by atoms with Crippen molar-refractivity contribution in [3.05, 3.63) is 88.0 Å². The zero-order chi connectivity index (χ0) is 27.9. The average molecular weight is 640 g/mol. The molecule has 0 radical (unpaired) electrons. The third kappa shape index (κ3) is 3.15. The predicted molar refractivity (Wildman–Crippen MR) is 165 cm³/mol. The van der Waals surface area contributed by atoms with Crippen LogP contribution < -0.4 is 0 Å². The molecule has 0 spiro atoms. The van der Waals surface area contributed by atoms with Crippen molar-refractivity contribution in [1.29, 1.82) is 0 Å². The largest absolute Gasteiger partial charge is 0.506 e. The molecule has 0 unspecified atom stereocenters. The van der Waals surface area contributed by atoms with Gasteiger partial charge in [-0.05, 0) is 62.2 Å². The molecule has 40 heavy (non-hydrogen) atoms. The summed E-state index contributed by atoms with van der Waals surface area (Å²) in [6, 6.07) is 25.8. The molecule has 0 aliphatic rings. The topological polar surface area (TPSA) is 114 Å². The Bertz CT molecular complexity index is 2120. The summed E-state index contributed by atoms with van der Waals surface area (Å²) < 4.78 is 6.04. The molecule has 0 bridgehead atoms. The van der Waals surface area contributed by atoms with Crippen LogP contribution in [0.3, 0.4) is 0 Å². The lowest BCUT2D eigenvalue weighted by Gasteiger charge is -2.19. The molecule has 1 aromatic heterocycles. The summed E-state index contributed by atoms with van der Waals surface area (Å²) in [7, 11) is 0. The minimum atomic E-state index is -0.535. The standard InChI is InChI=1S/C33H21IO6/c1-15-27(35)29(37)23(24-25-28(36)26(34)30(38)31(39)33(25)40-32(15)24)22-19-13-7-5-11-17(19)21(16-9-3-2-4-10-16)18-12-6-8-14-20(18)22/h2-14,35-39H,1H3. The average Bonchev–Trinajstić information content (AvgIpc) is 3.38. The van der Waals surface area contributed by atoms with Gasteiger partial charge in [-0.3, -0.25) is 0 Å². The maximum absolute atomic E-state index is 11.6. The Morgan fingerprint density at radius 1 is 0.500 bits per heavy atom. The fraction of sp³-hybridized carbons (Fsp3) is 0.0303. The highest BCUT2D eigenvalue weighted by Crippen LogP contribution is 2.57. The van der Waals surface area contributed by atoms with E-state index >= 15 is 0 Å². The van der Waals surface area contributed by atoms with Gasteiger partial charge in [0.2, 0.25) is 5.75 Å². The Morgan fingerprint density at radius 3 is 1.60 bits per heavy atom. The second-order valence-corrected chi connectivity index (χ2v) is 10.9. The van der Waals surface area contributed by atoms with Gasteiger partial charge in [-0.1, -0.05) is 78.9 Å². The van der Waals surface area contributed by atoms with Crippen molar-refractivity contribution >= 4 is 66.1 Å². The third-order valence-corrected chi connectivity index (χ3v) is 8.67. The lowest BCUT2D eigenvalue weighted by Crippen LogP contribution is -1.93. The van der Waals surface area contributed by atoms with Crippen LogP contribution in [0, 0.1) is 10.5 Å². The van der Waals surface area contributed by atoms with Crippen LogP contribution in [0.25, 0.3) is 65.7 Å². The molecule has 6 aromatic carbocycles. The fourth-order valence-corrected chi connectivity index (χ4v) is 6.36. The summed E-state index contributed by atoms with van der Waals surface area (Å²) in [4.78, 5) is 0. The smallest absolute Gasteiger partial charge is 0.203 e. The van der Waals surface area contributed by atoms with Gasteiger partial charge in [0.05, 0.1) is 5.39 Å². The monoisotopic (exact) mass is 640 g/mol. The number of fused-ring (bicyclic) bond motifs is 5. The van der Waals surface area contributed by atoms with Gasteiger partial charge >= 0.3 is 0 Å². The number of hydrogen-bond acceptors (Lipinski definition) is 6. The first-order chi connectivity index (χ1) is 19.3. The number of hydrogen-bond donors (Lipinski definition) is 5. The van der Waals surface area contributed by atoms with Crippen molar-refractivity contribution in [2.75, 3.05) is 0 Å². The fourth-order valence-electron chi connectivity index (χ4n) is 5.84. The summed E-state index contributed by atoms with van der Waals surface area (Å²) in [5, 5.41) is 59.1. The van der Waals surface area contributed by atoms with Crippen molar-refractivity contribution in [2.45, 2.75) is 6.92 Å². The molecule has 7 rings (SSSR count). The zero-order valence-electron chi connectivity index (χ0n) is 21.0. The van der Waals surface area contributed by atoms with Gasteiger partial charge in [0.25, 0.3) is 0 Å². The second kappa shape index (κ2) is 8.69. The van der Waals surface area contributed by atoms with Crippen LogP contribution in [0.1, 0.15) is 5.56 Å². The first-order valence-corrected chi connectivity index (χ1v) is 13.6. The maximum Gasteiger partial charge on any atom is 0.203 e. The number of aryl methyl sites for hydroxylation is 1. The third-order valence-electron chi connectivity index (χ3n) is 7.65. The Balaban J connectivity index is 1.79. The number of benzene rings is 6. The molecule has 0 saturated heterocycles. The van der Waals surface area contributed by atoms with E-state index in [0.29, 0.717) is 10.9 Å². The van der Waals surface area contributed by atoms with Crippen molar-refractivity contribution in [3.63, 3.8) is 0 Å². The van der Waals surface area contributed by atoms with Gasteiger partial charge in [0.1, 0.15) is 14.9 Å². The normalized spacial score (nSPS) is 11.8. The molecular formula is C33H21IO6. The van der Waals surface area contributed by atoms with E-state index in [4.69, 9.17) is 4.42 Å². The number of furan rings is 1. The summed E-state index contributed by atoms with van der Waals surface area (Å²) >= 11 is 1.75. The van der Waals surface area contributed by atoms with Crippen LogP contribution >= 0.6 is 22.6 Å². The van der Waals surface area contributed by atoms with Gasteiger partial charge in [-0.15, -0.1) is 0 Å². The SMILES string of the molecule is Cc1c(O)c(O)c(-c2c3ccccc3c(-c3ccccc3)c3ccccc23)c2c1oc1c(O)c(O)c(I)c(O)c12. The molecule has 1 heterocycles. The first kappa shape index (κ1) is 24.4. The molecule has 0 aliphatic carbocycles. The van der Waals surface area contributed by atoms with E-state index in [9.17, 15) is 25.5 Å². The molecule has 0 aliphatic heterocycles.